The second-order valence-electron chi connectivity index (χ2n) is 6.25. The molecule has 0 spiro atoms. The van der Waals surface area contributed by atoms with E-state index in [4.69, 9.17) is 4.42 Å². The summed E-state index contributed by atoms with van der Waals surface area (Å²) in [6.07, 6.45) is 0. The van der Waals surface area contributed by atoms with Crippen LogP contribution in [0.2, 0.25) is 0 Å². The Morgan fingerprint density at radius 2 is 1.48 bits per heavy atom. The summed E-state index contributed by atoms with van der Waals surface area (Å²) in [6, 6.07) is 24.6. The van der Waals surface area contributed by atoms with Crippen LogP contribution in [0, 0.1) is 25.7 Å². The number of fused-ring (bicyclic) bond motifs is 1. The van der Waals surface area contributed by atoms with Gasteiger partial charge >= 0.3 is 0 Å². The quantitative estimate of drug-likeness (QED) is 0.385. The first-order valence-electron chi connectivity index (χ1n) is 8.38. The Morgan fingerprint density at radius 1 is 0.720 bits per heavy atom. The number of rotatable bonds is 1. The van der Waals surface area contributed by atoms with Gasteiger partial charge in [0.05, 0.1) is 0 Å². The van der Waals surface area contributed by atoms with E-state index in [1.165, 1.54) is 11.1 Å². The third-order valence-electron chi connectivity index (χ3n) is 4.39. The molecule has 1 aromatic heterocycles. The van der Waals surface area contributed by atoms with Crippen LogP contribution in [0.5, 0.6) is 0 Å². The summed E-state index contributed by atoms with van der Waals surface area (Å²) in [5.74, 6) is 7.49. The van der Waals surface area contributed by atoms with Gasteiger partial charge in [-0.3, -0.25) is 0 Å². The lowest BCUT2D eigenvalue weighted by molar-refractivity contribution is 0.631. The number of para-hydroxylation sites is 1. The van der Waals surface area contributed by atoms with Crippen LogP contribution in [0.1, 0.15) is 22.3 Å². The fourth-order valence-electron chi connectivity index (χ4n) is 3.02. The smallest absolute Gasteiger partial charge is 0.135 e. The largest absolute Gasteiger partial charge is 0.456 e. The molecule has 0 N–H and O–H groups in total. The van der Waals surface area contributed by atoms with Gasteiger partial charge in [-0.25, -0.2) is 0 Å². The summed E-state index contributed by atoms with van der Waals surface area (Å²) in [5.41, 5.74) is 6.47. The highest BCUT2D eigenvalue weighted by atomic mass is 16.3. The standard InChI is InChI=1S/C24H18O/c1-17-7-5-8-18(2)22(17)14-13-19-9-6-11-20(15-19)24-16-21-10-3-4-12-23(21)25-24/h3-12,15-16H,1-2H3. The van der Waals surface area contributed by atoms with Crippen LogP contribution >= 0.6 is 0 Å². The predicted molar refractivity (Wildman–Crippen MR) is 104 cm³/mol. The topological polar surface area (TPSA) is 13.1 Å². The van der Waals surface area contributed by atoms with Gasteiger partial charge in [0.2, 0.25) is 0 Å². The van der Waals surface area contributed by atoms with Gasteiger partial charge in [0.15, 0.2) is 0 Å². The van der Waals surface area contributed by atoms with E-state index in [0.29, 0.717) is 0 Å². The Kier molecular flexibility index (Phi) is 3.88. The van der Waals surface area contributed by atoms with Crippen molar-refractivity contribution in [3.8, 4) is 23.2 Å². The lowest BCUT2D eigenvalue weighted by atomic mass is 10.0. The van der Waals surface area contributed by atoms with Crippen LogP contribution in [-0.2, 0) is 0 Å². The monoisotopic (exact) mass is 322 g/mol. The molecule has 1 heterocycles. The van der Waals surface area contributed by atoms with E-state index in [-0.39, 0.29) is 0 Å². The molecule has 0 aliphatic rings. The highest BCUT2D eigenvalue weighted by Crippen LogP contribution is 2.28. The molecule has 0 aliphatic carbocycles. The molecule has 0 aliphatic heterocycles. The second kappa shape index (κ2) is 6.34. The molecule has 4 aromatic rings. The minimum Gasteiger partial charge on any atom is -0.456 e. The third-order valence-corrected chi connectivity index (χ3v) is 4.39. The maximum absolute atomic E-state index is 5.96. The average molecular weight is 322 g/mol. The number of hydrogen-bond donors (Lipinski definition) is 0. The predicted octanol–water partition coefficient (Wildman–Crippen LogP) is 6.12. The Hall–Kier alpha value is -3.24. The first-order chi connectivity index (χ1) is 12.2. The lowest BCUT2D eigenvalue weighted by Crippen LogP contribution is -1.86. The molecule has 4 rings (SSSR count). The van der Waals surface area contributed by atoms with Gasteiger partial charge < -0.3 is 4.42 Å². The summed E-state index contributed by atoms with van der Waals surface area (Å²) in [7, 11) is 0. The first-order valence-corrected chi connectivity index (χ1v) is 8.38. The molecule has 0 radical (unpaired) electrons. The normalized spacial score (nSPS) is 10.5. The van der Waals surface area contributed by atoms with Crippen LogP contribution in [-0.4, -0.2) is 0 Å². The molecule has 0 fully saturated rings. The second-order valence-corrected chi connectivity index (χ2v) is 6.25. The van der Waals surface area contributed by atoms with E-state index >= 15 is 0 Å². The van der Waals surface area contributed by atoms with Gasteiger partial charge in [-0.1, -0.05) is 60.4 Å². The number of aryl methyl sites for hydroxylation is 2. The molecule has 1 nitrogen and oxygen atoms in total. The van der Waals surface area contributed by atoms with Gasteiger partial charge in [0.25, 0.3) is 0 Å². The summed E-state index contributed by atoms with van der Waals surface area (Å²) in [5, 5.41) is 1.12. The fourth-order valence-corrected chi connectivity index (χ4v) is 3.02. The maximum atomic E-state index is 5.96. The zero-order valence-electron chi connectivity index (χ0n) is 14.3. The average Bonchev–Trinajstić information content (AvgIpc) is 3.06. The van der Waals surface area contributed by atoms with Crippen LogP contribution in [0.4, 0.5) is 0 Å². The Balaban J connectivity index is 1.72. The molecule has 1 heteroatoms. The van der Waals surface area contributed by atoms with Gasteiger partial charge in [-0.15, -0.1) is 0 Å². The third kappa shape index (κ3) is 3.07. The molecule has 0 atom stereocenters. The Morgan fingerprint density at radius 3 is 2.28 bits per heavy atom. The summed E-state index contributed by atoms with van der Waals surface area (Å²) >= 11 is 0. The lowest BCUT2D eigenvalue weighted by Gasteiger charge is -2.01. The SMILES string of the molecule is Cc1cccc(C)c1C#Cc1cccc(-c2cc3ccccc3o2)c1. The molecule has 0 saturated carbocycles. The van der Waals surface area contributed by atoms with Crippen LogP contribution in [0.3, 0.4) is 0 Å². The molecule has 0 amide bonds. The van der Waals surface area contributed by atoms with Gasteiger partial charge in [0.1, 0.15) is 11.3 Å². The highest BCUT2D eigenvalue weighted by molar-refractivity contribution is 5.82. The highest BCUT2D eigenvalue weighted by Gasteiger charge is 2.06. The molecule has 0 bridgehead atoms. The van der Waals surface area contributed by atoms with Gasteiger partial charge in [-0.2, -0.15) is 0 Å². The minimum atomic E-state index is 0.872. The number of furan rings is 1. The van der Waals surface area contributed by atoms with Crippen molar-refractivity contribution in [1.82, 2.24) is 0 Å². The van der Waals surface area contributed by atoms with Gasteiger partial charge in [-0.05, 0) is 49.2 Å². The van der Waals surface area contributed by atoms with E-state index in [0.717, 1.165) is 33.4 Å². The molecule has 3 aromatic carbocycles. The minimum absolute atomic E-state index is 0.872. The van der Waals surface area contributed by atoms with Crippen molar-refractivity contribution in [1.29, 1.82) is 0 Å². The molecule has 120 valence electrons. The Labute approximate surface area is 147 Å². The van der Waals surface area contributed by atoms with E-state index < -0.39 is 0 Å². The van der Waals surface area contributed by atoms with Crippen molar-refractivity contribution in [2.45, 2.75) is 13.8 Å². The van der Waals surface area contributed by atoms with E-state index in [9.17, 15) is 0 Å². The van der Waals surface area contributed by atoms with E-state index in [1.807, 2.05) is 30.3 Å². The van der Waals surface area contributed by atoms with E-state index in [2.05, 4.69) is 68.2 Å². The molecular weight excluding hydrogens is 304 g/mol. The van der Waals surface area contributed by atoms with Crippen molar-refractivity contribution >= 4 is 11.0 Å². The van der Waals surface area contributed by atoms with Crippen LogP contribution in [0.25, 0.3) is 22.3 Å². The van der Waals surface area contributed by atoms with Crippen molar-refractivity contribution in [2.24, 2.45) is 0 Å². The number of hydrogen-bond acceptors (Lipinski definition) is 1. The van der Waals surface area contributed by atoms with E-state index in [1.54, 1.807) is 0 Å². The Bertz CT molecular complexity index is 1070. The molecule has 0 unspecified atom stereocenters. The fraction of sp³-hybridized carbons (Fsp3) is 0.0833. The summed E-state index contributed by atoms with van der Waals surface area (Å²) in [4.78, 5) is 0. The molecule has 25 heavy (non-hydrogen) atoms. The van der Waals surface area contributed by atoms with Crippen molar-refractivity contribution in [3.05, 3.63) is 95.1 Å². The van der Waals surface area contributed by atoms with Crippen molar-refractivity contribution in [3.63, 3.8) is 0 Å². The van der Waals surface area contributed by atoms with Gasteiger partial charge in [0, 0.05) is 22.1 Å². The molecule has 0 saturated heterocycles. The summed E-state index contributed by atoms with van der Waals surface area (Å²) < 4.78 is 5.96. The zero-order valence-corrected chi connectivity index (χ0v) is 14.3. The zero-order chi connectivity index (χ0) is 17.2. The molecular formula is C24H18O. The number of benzene rings is 3. The first kappa shape index (κ1) is 15.3. The van der Waals surface area contributed by atoms with Crippen LogP contribution < -0.4 is 0 Å². The summed E-state index contributed by atoms with van der Waals surface area (Å²) in [6.45, 7) is 4.20. The van der Waals surface area contributed by atoms with Crippen molar-refractivity contribution < 1.29 is 4.42 Å². The maximum Gasteiger partial charge on any atom is 0.135 e. The van der Waals surface area contributed by atoms with Crippen molar-refractivity contribution in [2.75, 3.05) is 0 Å². The van der Waals surface area contributed by atoms with Crippen LogP contribution in [0.15, 0.2) is 77.2 Å².